The van der Waals surface area contributed by atoms with Crippen LogP contribution in [0.5, 0.6) is 0 Å². The van der Waals surface area contributed by atoms with Gasteiger partial charge in [0.05, 0.1) is 18.9 Å². The highest BCUT2D eigenvalue weighted by Gasteiger charge is 2.16. The number of hydrogen-bond donors (Lipinski definition) is 1. The normalized spacial score (nSPS) is 14.6. The fraction of sp³-hybridized carbons (Fsp3) is 0.294. The first kappa shape index (κ1) is 15.3. The van der Waals surface area contributed by atoms with E-state index in [1.54, 1.807) is 6.07 Å². The van der Waals surface area contributed by atoms with Crippen LogP contribution in [0, 0.1) is 0 Å². The van der Waals surface area contributed by atoms with E-state index in [0.29, 0.717) is 49.2 Å². The Balaban J connectivity index is 2.01. The van der Waals surface area contributed by atoms with Crippen LogP contribution in [0.15, 0.2) is 45.6 Å². The predicted octanol–water partition coefficient (Wildman–Crippen LogP) is 2.10. The van der Waals surface area contributed by atoms with Crippen LogP contribution >= 0.6 is 0 Å². The molecule has 0 unspecified atom stereocenters. The van der Waals surface area contributed by atoms with Gasteiger partial charge in [-0.2, -0.15) is 0 Å². The summed E-state index contributed by atoms with van der Waals surface area (Å²) >= 11 is 0. The van der Waals surface area contributed by atoms with Crippen molar-refractivity contribution in [1.29, 1.82) is 0 Å². The maximum atomic E-state index is 12.1. The first-order chi connectivity index (χ1) is 11.1. The summed E-state index contributed by atoms with van der Waals surface area (Å²) in [6.07, 6.45) is 0. The largest absolute Gasteiger partial charge is 0.440 e. The third-order valence-electron chi connectivity index (χ3n) is 3.58. The van der Waals surface area contributed by atoms with E-state index in [9.17, 15) is 9.59 Å². The average Bonchev–Trinajstić information content (AvgIpc) is 2.55. The SMILES string of the molecule is CC(=O)Nc1ccccc1-c1cc(=O)cc(N2CCOCC2)o1. The summed E-state index contributed by atoms with van der Waals surface area (Å²) in [4.78, 5) is 25.4. The molecule has 1 saturated heterocycles. The number of amides is 1. The topological polar surface area (TPSA) is 71.8 Å². The number of nitrogens with one attached hydrogen (secondary N) is 1. The van der Waals surface area contributed by atoms with E-state index in [2.05, 4.69) is 5.32 Å². The zero-order valence-corrected chi connectivity index (χ0v) is 12.9. The number of para-hydroxylation sites is 1. The molecule has 1 amide bonds. The number of hydrogen-bond acceptors (Lipinski definition) is 5. The molecule has 0 bridgehead atoms. The van der Waals surface area contributed by atoms with Crippen LogP contribution in [-0.4, -0.2) is 32.2 Å². The highest BCUT2D eigenvalue weighted by atomic mass is 16.5. The minimum absolute atomic E-state index is 0.134. The summed E-state index contributed by atoms with van der Waals surface area (Å²) in [5.41, 5.74) is 1.16. The van der Waals surface area contributed by atoms with E-state index in [4.69, 9.17) is 9.15 Å². The monoisotopic (exact) mass is 314 g/mol. The number of anilines is 2. The molecule has 120 valence electrons. The summed E-state index contributed by atoms with van der Waals surface area (Å²) in [5, 5.41) is 2.76. The Hall–Kier alpha value is -2.60. The Bertz CT molecular complexity index is 763. The summed E-state index contributed by atoms with van der Waals surface area (Å²) in [5.74, 6) is 0.779. The standard InChI is InChI=1S/C17H18N2O4/c1-12(20)18-15-5-3-2-4-14(15)16-10-13(21)11-17(23-16)19-6-8-22-9-7-19/h2-5,10-11H,6-9H2,1H3,(H,18,20). The van der Waals surface area contributed by atoms with Gasteiger partial charge in [-0.25, -0.2) is 0 Å². The maximum absolute atomic E-state index is 12.1. The number of nitrogens with zero attached hydrogens (tertiary/aromatic N) is 1. The second-order valence-corrected chi connectivity index (χ2v) is 5.32. The summed E-state index contributed by atoms with van der Waals surface area (Å²) < 4.78 is 11.2. The third kappa shape index (κ3) is 3.60. The van der Waals surface area contributed by atoms with Crippen molar-refractivity contribution in [1.82, 2.24) is 0 Å². The summed E-state index contributed by atoms with van der Waals surface area (Å²) in [6.45, 7) is 4.02. The van der Waals surface area contributed by atoms with Gasteiger partial charge in [-0.15, -0.1) is 0 Å². The van der Waals surface area contributed by atoms with Crippen molar-refractivity contribution in [2.75, 3.05) is 36.5 Å². The first-order valence-electron chi connectivity index (χ1n) is 7.48. The molecule has 1 aliphatic heterocycles. The number of morpholine rings is 1. The van der Waals surface area contributed by atoms with Gasteiger partial charge in [0.2, 0.25) is 5.91 Å². The molecule has 2 heterocycles. The van der Waals surface area contributed by atoms with Gasteiger partial charge in [0, 0.05) is 37.7 Å². The van der Waals surface area contributed by atoms with Crippen molar-refractivity contribution >= 4 is 17.5 Å². The Kier molecular flexibility index (Phi) is 4.43. The maximum Gasteiger partial charge on any atom is 0.221 e. The fourth-order valence-corrected chi connectivity index (χ4v) is 2.53. The van der Waals surface area contributed by atoms with Gasteiger partial charge in [0.25, 0.3) is 0 Å². The Morgan fingerprint density at radius 3 is 2.65 bits per heavy atom. The van der Waals surface area contributed by atoms with E-state index in [0.717, 1.165) is 0 Å². The van der Waals surface area contributed by atoms with E-state index in [1.165, 1.54) is 19.1 Å². The highest BCUT2D eigenvalue weighted by molar-refractivity contribution is 5.93. The fourth-order valence-electron chi connectivity index (χ4n) is 2.53. The molecule has 0 atom stereocenters. The lowest BCUT2D eigenvalue weighted by atomic mass is 10.1. The van der Waals surface area contributed by atoms with Crippen LogP contribution < -0.4 is 15.6 Å². The second-order valence-electron chi connectivity index (χ2n) is 5.32. The van der Waals surface area contributed by atoms with Crippen molar-refractivity contribution in [3.8, 4) is 11.3 Å². The number of carbonyl (C=O) groups excluding carboxylic acids is 1. The van der Waals surface area contributed by atoms with Gasteiger partial charge in [0.1, 0.15) is 5.76 Å². The molecule has 6 heteroatoms. The van der Waals surface area contributed by atoms with Crippen LogP contribution in [-0.2, 0) is 9.53 Å². The molecule has 0 aliphatic carbocycles. The molecule has 0 radical (unpaired) electrons. The lowest BCUT2D eigenvalue weighted by Crippen LogP contribution is -2.36. The molecule has 1 N–H and O–H groups in total. The van der Waals surface area contributed by atoms with Gasteiger partial charge < -0.3 is 19.4 Å². The lowest BCUT2D eigenvalue weighted by molar-refractivity contribution is -0.114. The molecule has 6 nitrogen and oxygen atoms in total. The van der Waals surface area contributed by atoms with Crippen LogP contribution in [0.25, 0.3) is 11.3 Å². The lowest BCUT2D eigenvalue weighted by Gasteiger charge is -2.27. The Morgan fingerprint density at radius 1 is 1.17 bits per heavy atom. The van der Waals surface area contributed by atoms with Gasteiger partial charge >= 0.3 is 0 Å². The van der Waals surface area contributed by atoms with Crippen molar-refractivity contribution < 1.29 is 13.9 Å². The van der Waals surface area contributed by atoms with Crippen molar-refractivity contribution in [3.63, 3.8) is 0 Å². The molecular formula is C17H18N2O4. The molecule has 1 aromatic carbocycles. The van der Waals surface area contributed by atoms with E-state index >= 15 is 0 Å². The zero-order chi connectivity index (χ0) is 16.2. The van der Waals surface area contributed by atoms with Gasteiger partial charge in [-0.3, -0.25) is 9.59 Å². The molecule has 23 heavy (non-hydrogen) atoms. The zero-order valence-electron chi connectivity index (χ0n) is 12.9. The molecule has 2 aromatic rings. The minimum Gasteiger partial charge on any atom is -0.440 e. The molecule has 3 rings (SSSR count). The quantitative estimate of drug-likeness (QED) is 0.939. The Morgan fingerprint density at radius 2 is 1.91 bits per heavy atom. The number of benzene rings is 1. The molecule has 0 saturated carbocycles. The number of ether oxygens (including phenoxy) is 1. The van der Waals surface area contributed by atoms with Crippen molar-refractivity contribution in [2.45, 2.75) is 6.92 Å². The Labute approximate surface area is 133 Å². The van der Waals surface area contributed by atoms with Crippen LogP contribution in [0.2, 0.25) is 0 Å². The highest BCUT2D eigenvalue weighted by Crippen LogP contribution is 2.29. The number of rotatable bonds is 3. The van der Waals surface area contributed by atoms with Crippen LogP contribution in [0.3, 0.4) is 0 Å². The molecule has 1 aliphatic rings. The molecule has 1 aromatic heterocycles. The third-order valence-corrected chi connectivity index (χ3v) is 3.58. The van der Waals surface area contributed by atoms with Crippen LogP contribution in [0.1, 0.15) is 6.92 Å². The smallest absolute Gasteiger partial charge is 0.221 e. The van der Waals surface area contributed by atoms with Crippen molar-refractivity contribution in [3.05, 3.63) is 46.6 Å². The minimum atomic E-state index is -0.177. The van der Waals surface area contributed by atoms with Crippen molar-refractivity contribution in [2.24, 2.45) is 0 Å². The second kappa shape index (κ2) is 6.66. The predicted molar refractivity (Wildman–Crippen MR) is 87.7 cm³/mol. The van der Waals surface area contributed by atoms with Gasteiger partial charge in [-0.05, 0) is 12.1 Å². The average molecular weight is 314 g/mol. The van der Waals surface area contributed by atoms with Gasteiger partial charge in [0.15, 0.2) is 11.3 Å². The van der Waals surface area contributed by atoms with Crippen LogP contribution in [0.4, 0.5) is 11.6 Å². The summed E-state index contributed by atoms with van der Waals surface area (Å²) in [6, 6.07) is 10.2. The summed E-state index contributed by atoms with van der Waals surface area (Å²) in [7, 11) is 0. The number of carbonyl (C=O) groups is 1. The first-order valence-corrected chi connectivity index (χ1v) is 7.48. The van der Waals surface area contributed by atoms with E-state index in [1.807, 2.05) is 23.1 Å². The molecule has 0 spiro atoms. The van der Waals surface area contributed by atoms with E-state index < -0.39 is 0 Å². The molecule has 1 fully saturated rings. The molecular weight excluding hydrogens is 296 g/mol. The van der Waals surface area contributed by atoms with E-state index in [-0.39, 0.29) is 11.3 Å². The van der Waals surface area contributed by atoms with Gasteiger partial charge in [-0.1, -0.05) is 12.1 Å².